The summed E-state index contributed by atoms with van der Waals surface area (Å²) in [4.78, 5) is 4.01. The average Bonchev–Trinajstić information content (AvgIpc) is 2.49. The standard InChI is InChI=1S/C14H18N4O2S/c1-11-4-2-3-5-12(11)8-9-17-21(19,20)13-6-7-14(18-15)16-10-13/h2-7,10,17H,8-9,15H2,1H3,(H,16,18). The van der Waals surface area contributed by atoms with Gasteiger partial charge in [-0.2, -0.15) is 0 Å². The minimum Gasteiger partial charge on any atom is -0.308 e. The van der Waals surface area contributed by atoms with E-state index in [1.807, 2.05) is 31.2 Å². The van der Waals surface area contributed by atoms with E-state index in [-0.39, 0.29) is 4.90 Å². The van der Waals surface area contributed by atoms with E-state index in [1.54, 1.807) is 0 Å². The molecule has 0 spiro atoms. The van der Waals surface area contributed by atoms with Crippen LogP contribution in [0.5, 0.6) is 0 Å². The molecule has 0 fully saturated rings. The number of nitrogen functional groups attached to an aromatic ring is 1. The molecular weight excluding hydrogens is 288 g/mol. The summed E-state index contributed by atoms with van der Waals surface area (Å²) in [6.45, 7) is 2.34. The van der Waals surface area contributed by atoms with E-state index in [4.69, 9.17) is 5.84 Å². The number of aryl methyl sites for hydroxylation is 1. The molecule has 0 unspecified atom stereocenters. The van der Waals surface area contributed by atoms with E-state index in [0.717, 1.165) is 11.1 Å². The molecule has 4 N–H and O–H groups in total. The third-order valence-electron chi connectivity index (χ3n) is 3.14. The highest BCUT2D eigenvalue weighted by Gasteiger charge is 2.13. The third-order valence-corrected chi connectivity index (χ3v) is 4.59. The maximum Gasteiger partial charge on any atom is 0.242 e. The van der Waals surface area contributed by atoms with Crippen LogP contribution in [0.4, 0.5) is 5.82 Å². The highest BCUT2D eigenvalue weighted by atomic mass is 32.2. The van der Waals surface area contributed by atoms with Crippen LogP contribution in [0.25, 0.3) is 0 Å². The molecule has 112 valence electrons. The second-order valence-corrected chi connectivity index (χ2v) is 6.36. The van der Waals surface area contributed by atoms with E-state index in [0.29, 0.717) is 18.8 Å². The van der Waals surface area contributed by atoms with Crippen molar-refractivity contribution in [2.45, 2.75) is 18.2 Å². The molecule has 0 amide bonds. The Morgan fingerprint density at radius 3 is 2.57 bits per heavy atom. The normalized spacial score (nSPS) is 11.3. The minimum absolute atomic E-state index is 0.117. The van der Waals surface area contributed by atoms with Gasteiger partial charge in [-0.1, -0.05) is 24.3 Å². The first-order valence-corrected chi connectivity index (χ1v) is 7.98. The van der Waals surface area contributed by atoms with Gasteiger partial charge in [-0.15, -0.1) is 0 Å². The van der Waals surface area contributed by atoms with Gasteiger partial charge in [0.25, 0.3) is 0 Å². The third kappa shape index (κ3) is 4.01. The molecule has 7 heteroatoms. The lowest BCUT2D eigenvalue weighted by atomic mass is 10.1. The van der Waals surface area contributed by atoms with Crippen molar-refractivity contribution in [3.63, 3.8) is 0 Å². The first-order chi connectivity index (χ1) is 10.0. The van der Waals surface area contributed by atoms with Crippen LogP contribution in [-0.2, 0) is 16.4 Å². The zero-order valence-electron chi connectivity index (χ0n) is 11.7. The highest BCUT2D eigenvalue weighted by Crippen LogP contribution is 2.11. The summed E-state index contributed by atoms with van der Waals surface area (Å²) in [6, 6.07) is 10.9. The molecular formula is C14H18N4O2S. The number of hydrogen-bond acceptors (Lipinski definition) is 5. The maximum atomic E-state index is 12.1. The Kier molecular flexibility index (Phi) is 4.89. The average molecular weight is 306 g/mol. The molecule has 2 aromatic rings. The molecule has 0 radical (unpaired) electrons. The molecule has 1 aromatic carbocycles. The summed E-state index contributed by atoms with van der Waals surface area (Å²) < 4.78 is 26.8. The van der Waals surface area contributed by atoms with Crippen LogP contribution in [0.3, 0.4) is 0 Å². The fraction of sp³-hybridized carbons (Fsp3) is 0.214. The van der Waals surface area contributed by atoms with Crippen LogP contribution in [0.1, 0.15) is 11.1 Å². The molecule has 0 aliphatic rings. The minimum atomic E-state index is -3.55. The van der Waals surface area contributed by atoms with Crippen molar-refractivity contribution in [3.8, 4) is 0 Å². The number of anilines is 1. The van der Waals surface area contributed by atoms with Gasteiger partial charge < -0.3 is 5.43 Å². The summed E-state index contributed by atoms with van der Waals surface area (Å²) in [6.07, 6.45) is 1.91. The lowest BCUT2D eigenvalue weighted by Gasteiger charge is -2.08. The number of hydrogen-bond donors (Lipinski definition) is 3. The summed E-state index contributed by atoms with van der Waals surface area (Å²) >= 11 is 0. The number of pyridine rings is 1. The van der Waals surface area contributed by atoms with Gasteiger partial charge in [-0.3, -0.25) is 0 Å². The fourth-order valence-corrected chi connectivity index (χ4v) is 2.89. The number of hydrazine groups is 1. The summed E-state index contributed by atoms with van der Waals surface area (Å²) in [5, 5.41) is 0. The molecule has 1 heterocycles. The topological polar surface area (TPSA) is 97.1 Å². The predicted octanol–water partition coefficient (Wildman–Crippen LogP) is 1.20. The molecule has 1 aromatic heterocycles. The fourth-order valence-electron chi connectivity index (χ4n) is 1.92. The van der Waals surface area contributed by atoms with E-state index < -0.39 is 10.0 Å². The predicted molar refractivity (Wildman–Crippen MR) is 82.1 cm³/mol. The van der Waals surface area contributed by atoms with Crippen LogP contribution in [0, 0.1) is 6.92 Å². The Hall–Kier alpha value is -1.96. The van der Waals surface area contributed by atoms with Crippen molar-refractivity contribution in [1.29, 1.82) is 0 Å². The number of rotatable bonds is 6. The number of nitrogens with zero attached hydrogens (tertiary/aromatic N) is 1. The van der Waals surface area contributed by atoms with Gasteiger partial charge in [0, 0.05) is 12.7 Å². The smallest absolute Gasteiger partial charge is 0.242 e. The summed E-state index contributed by atoms with van der Waals surface area (Å²) in [7, 11) is -3.55. The lowest BCUT2D eigenvalue weighted by molar-refractivity contribution is 0.581. The number of nitrogens with two attached hydrogens (primary N) is 1. The van der Waals surface area contributed by atoms with Gasteiger partial charge in [0.2, 0.25) is 10.0 Å². The van der Waals surface area contributed by atoms with Crippen molar-refractivity contribution in [2.75, 3.05) is 12.0 Å². The van der Waals surface area contributed by atoms with Gasteiger partial charge in [0.15, 0.2) is 0 Å². The molecule has 2 rings (SSSR count). The number of nitrogens with one attached hydrogen (secondary N) is 2. The van der Waals surface area contributed by atoms with Gasteiger partial charge >= 0.3 is 0 Å². The van der Waals surface area contributed by atoms with Crippen molar-refractivity contribution in [1.82, 2.24) is 9.71 Å². The van der Waals surface area contributed by atoms with Crippen molar-refractivity contribution in [3.05, 3.63) is 53.7 Å². The molecule has 0 aliphatic carbocycles. The highest BCUT2D eigenvalue weighted by molar-refractivity contribution is 7.89. The van der Waals surface area contributed by atoms with Crippen LogP contribution >= 0.6 is 0 Å². The summed E-state index contributed by atoms with van der Waals surface area (Å²) in [5.41, 5.74) is 4.63. The Labute approximate surface area is 124 Å². The van der Waals surface area contributed by atoms with E-state index >= 15 is 0 Å². The van der Waals surface area contributed by atoms with E-state index in [1.165, 1.54) is 18.3 Å². The zero-order chi connectivity index (χ0) is 15.3. The first-order valence-electron chi connectivity index (χ1n) is 6.50. The SMILES string of the molecule is Cc1ccccc1CCNS(=O)(=O)c1ccc(NN)nc1. The Morgan fingerprint density at radius 1 is 1.19 bits per heavy atom. The van der Waals surface area contributed by atoms with Gasteiger partial charge in [-0.25, -0.2) is 24.0 Å². The van der Waals surface area contributed by atoms with Crippen LogP contribution in [-0.4, -0.2) is 19.9 Å². The zero-order valence-corrected chi connectivity index (χ0v) is 12.5. The van der Waals surface area contributed by atoms with E-state index in [2.05, 4.69) is 15.1 Å². The summed E-state index contributed by atoms with van der Waals surface area (Å²) in [5.74, 6) is 5.60. The molecule has 0 bridgehead atoms. The number of benzene rings is 1. The van der Waals surface area contributed by atoms with Gasteiger partial charge in [-0.05, 0) is 36.6 Å². The largest absolute Gasteiger partial charge is 0.308 e. The lowest BCUT2D eigenvalue weighted by Crippen LogP contribution is -2.26. The Morgan fingerprint density at radius 2 is 1.95 bits per heavy atom. The van der Waals surface area contributed by atoms with Crippen LogP contribution in [0.2, 0.25) is 0 Å². The molecule has 0 saturated heterocycles. The van der Waals surface area contributed by atoms with Crippen molar-refractivity contribution >= 4 is 15.8 Å². The maximum absolute atomic E-state index is 12.1. The second kappa shape index (κ2) is 6.66. The van der Waals surface area contributed by atoms with Crippen LogP contribution < -0.4 is 16.0 Å². The second-order valence-electron chi connectivity index (χ2n) is 4.60. The molecule has 21 heavy (non-hydrogen) atoms. The number of aromatic nitrogens is 1. The molecule has 0 saturated carbocycles. The number of sulfonamides is 1. The monoisotopic (exact) mass is 306 g/mol. The Bertz CT molecular complexity index is 699. The van der Waals surface area contributed by atoms with Gasteiger partial charge in [0.1, 0.15) is 10.7 Å². The van der Waals surface area contributed by atoms with Gasteiger partial charge in [0.05, 0.1) is 0 Å². The quantitative estimate of drug-likeness (QED) is 0.550. The molecule has 0 atom stereocenters. The van der Waals surface area contributed by atoms with Crippen molar-refractivity contribution < 1.29 is 8.42 Å². The first kappa shape index (κ1) is 15.4. The van der Waals surface area contributed by atoms with Crippen molar-refractivity contribution in [2.24, 2.45) is 5.84 Å². The Balaban J connectivity index is 1.99. The molecule has 0 aliphatic heterocycles. The van der Waals surface area contributed by atoms with Crippen LogP contribution in [0.15, 0.2) is 47.5 Å². The molecule has 6 nitrogen and oxygen atoms in total. The van der Waals surface area contributed by atoms with E-state index in [9.17, 15) is 8.42 Å².